The zero-order valence-electron chi connectivity index (χ0n) is 10.9. The molecule has 0 bridgehead atoms. The van der Waals surface area contributed by atoms with Crippen LogP contribution in [0.25, 0.3) is 0 Å². The van der Waals surface area contributed by atoms with E-state index in [1.54, 1.807) is 0 Å². The zero-order chi connectivity index (χ0) is 13.0. The molecule has 19 heavy (non-hydrogen) atoms. The Morgan fingerprint density at radius 1 is 1.05 bits per heavy atom. The molecular weight excluding hydrogens is 238 g/mol. The van der Waals surface area contributed by atoms with Crippen molar-refractivity contribution in [1.82, 2.24) is 0 Å². The van der Waals surface area contributed by atoms with Gasteiger partial charge in [-0.1, -0.05) is 25.0 Å². The van der Waals surface area contributed by atoms with E-state index in [0.29, 0.717) is 18.9 Å². The summed E-state index contributed by atoms with van der Waals surface area (Å²) in [5.41, 5.74) is 3.04. The molecule has 3 nitrogen and oxygen atoms in total. The van der Waals surface area contributed by atoms with E-state index in [9.17, 15) is 9.59 Å². The van der Waals surface area contributed by atoms with E-state index >= 15 is 0 Å². The molecule has 1 atom stereocenters. The molecule has 0 N–H and O–H groups in total. The molecule has 1 aromatic rings. The van der Waals surface area contributed by atoms with Crippen LogP contribution in [0, 0.1) is 0 Å². The Balaban J connectivity index is 1.86. The van der Waals surface area contributed by atoms with E-state index in [1.807, 2.05) is 23.1 Å². The van der Waals surface area contributed by atoms with Crippen LogP contribution in [0.4, 0.5) is 5.69 Å². The summed E-state index contributed by atoms with van der Waals surface area (Å²) in [4.78, 5) is 26.5. The molecule has 3 heteroatoms. The van der Waals surface area contributed by atoms with Gasteiger partial charge < -0.3 is 4.90 Å². The Hall–Kier alpha value is -1.64. The average molecular weight is 255 g/mol. The van der Waals surface area contributed by atoms with Crippen molar-refractivity contribution >= 4 is 17.4 Å². The highest BCUT2D eigenvalue weighted by Gasteiger charge is 2.42. The summed E-state index contributed by atoms with van der Waals surface area (Å²) in [6, 6.07) is 6.23. The van der Waals surface area contributed by atoms with Crippen molar-refractivity contribution in [2.75, 3.05) is 4.90 Å². The third-order valence-corrected chi connectivity index (χ3v) is 4.86. The predicted molar refractivity (Wildman–Crippen MR) is 72.5 cm³/mol. The number of rotatable bonds is 1. The van der Waals surface area contributed by atoms with Gasteiger partial charge in [0.15, 0.2) is 5.78 Å². The van der Waals surface area contributed by atoms with Crippen molar-refractivity contribution in [2.45, 2.75) is 50.5 Å². The van der Waals surface area contributed by atoms with Gasteiger partial charge in [0.2, 0.25) is 5.91 Å². The molecule has 0 aromatic heterocycles. The zero-order valence-corrected chi connectivity index (χ0v) is 10.9. The summed E-state index contributed by atoms with van der Waals surface area (Å²) >= 11 is 0. The Kier molecular flexibility index (Phi) is 2.32. The molecule has 1 aromatic carbocycles. The SMILES string of the molecule is O=C1CC2CC(=O)N(C3CCCC3)c3cccc1c32. The van der Waals surface area contributed by atoms with Crippen molar-refractivity contribution in [1.29, 1.82) is 0 Å². The van der Waals surface area contributed by atoms with Gasteiger partial charge in [-0.15, -0.1) is 0 Å². The summed E-state index contributed by atoms with van der Waals surface area (Å²) in [6.45, 7) is 0. The average Bonchev–Trinajstić information content (AvgIpc) is 3.00. The highest BCUT2D eigenvalue weighted by Crippen LogP contribution is 2.47. The topological polar surface area (TPSA) is 37.4 Å². The number of hydrogen-bond donors (Lipinski definition) is 0. The molecule has 4 rings (SSSR count). The third-order valence-electron chi connectivity index (χ3n) is 4.86. The van der Waals surface area contributed by atoms with Crippen molar-refractivity contribution in [3.8, 4) is 0 Å². The van der Waals surface area contributed by atoms with Gasteiger partial charge in [0, 0.05) is 36.1 Å². The normalized spacial score (nSPS) is 26.1. The van der Waals surface area contributed by atoms with Gasteiger partial charge in [-0.05, 0) is 24.5 Å². The first-order valence-corrected chi connectivity index (χ1v) is 7.24. The molecule has 0 saturated heterocycles. The first-order valence-electron chi connectivity index (χ1n) is 7.24. The summed E-state index contributed by atoms with van der Waals surface area (Å²) in [5, 5.41) is 0. The largest absolute Gasteiger partial charge is 0.309 e. The van der Waals surface area contributed by atoms with E-state index < -0.39 is 0 Å². The second-order valence-electron chi connectivity index (χ2n) is 5.97. The second kappa shape index (κ2) is 3.92. The van der Waals surface area contributed by atoms with Gasteiger partial charge in [0.1, 0.15) is 0 Å². The molecule has 1 unspecified atom stereocenters. The maximum Gasteiger partial charge on any atom is 0.227 e. The number of ketones is 1. The van der Waals surface area contributed by atoms with Crippen molar-refractivity contribution in [3.05, 3.63) is 29.3 Å². The fourth-order valence-electron chi connectivity index (χ4n) is 4.05. The highest BCUT2D eigenvalue weighted by molar-refractivity contribution is 6.08. The number of Topliss-reactive ketones (excluding diaryl/α,β-unsaturated/α-hetero) is 1. The van der Waals surface area contributed by atoms with Crippen LogP contribution in [0.2, 0.25) is 0 Å². The molecule has 1 saturated carbocycles. The molecule has 2 aliphatic carbocycles. The summed E-state index contributed by atoms with van der Waals surface area (Å²) < 4.78 is 0. The molecule has 0 radical (unpaired) electrons. The number of amides is 1. The number of carbonyl (C=O) groups excluding carboxylic acids is 2. The van der Waals surface area contributed by atoms with Crippen LogP contribution in [0.15, 0.2) is 18.2 Å². The molecule has 1 aliphatic heterocycles. The van der Waals surface area contributed by atoms with E-state index in [1.165, 1.54) is 12.8 Å². The fourth-order valence-corrected chi connectivity index (χ4v) is 4.05. The Bertz CT molecular complexity index is 572. The number of nitrogens with zero attached hydrogens (tertiary/aromatic N) is 1. The maximum absolute atomic E-state index is 12.5. The van der Waals surface area contributed by atoms with Gasteiger partial charge in [-0.3, -0.25) is 9.59 Å². The first-order chi connectivity index (χ1) is 9.25. The monoisotopic (exact) mass is 255 g/mol. The lowest BCUT2D eigenvalue weighted by molar-refractivity contribution is -0.119. The number of benzene rings is 1. The smallest absolute Gasteiger partial charge is 0.227 e. The van der Waals surface area contributed by atoms with Crippen molar-refractivity contribution < 1.29 is 9.59 Å². The summed E-state index contributed by atoms with van der Waals surface area (Å²) in [5.74, 6) is 0.572. The lowest BCUT2D eigenvalue weighted by Gasteiger charge is -2.36. The summed E-state index contributed by atoms with van der Waals surface area (Å²) in [7, 11) is 0. The van der Waals surface area contributed by atoms with Crippen LogP contribution >= 0.6 is 0 Å². The van der Waals surface area contributed by atoms with Crippen LogP contribution in [-0.4, -0.2) is 17.7 Å². The van der Waals surface area contributed by atoms with Gasteiger partial charge in [0.05, 0.1) is 0 Å². The quantitative estimate of drug-likeness (QED) is 0.773. The van der Waals surface area contributed by atoms with Crippen molar-refractivity contribution in [2.24, 2.45) is 0 Å². The van der Waals surface area contributed by atoms with Gasteiger partial charge in [-0.2, -0.15) is 0 Å². The van der Waals surface area contributed by atoms with Crippen molar-refractivity contribution in [3.63, 3.8) is 0 Å². The van der Waals surface area contributed by atoms with Gasteiger partial charge >= 0.3 is 0 Å². The molecule has 1 amide bonds. The van der Waals surface area contributed by atoms with E-state index in [2.05, 4.69) is 0 Å². The van der Waals surface area contributed by atoms with Crippen LogP contribution in [0.1, 0.15) is 60.4 Å². The Labute approximate surface area is 112 Å². The van der Waals surface area contributed by atoms with Crippen LogP contribution in [-0.2, 0) is 4.79 Å². The minimum Gasteiger partial charge on any atom is -0.309 e. The molecule has 3 aliphatic rings. The van der Waals surface area contributed by atoms with E-state index in [0.717, 1.165) is 29.7 Å². The molecule has 1 heterocycles. The lowest BCUT2D eigenvalue weighted by atomic mass is 9.90. The van der Waals surface area contributed by atoms with Crippen LogP contribution in [0.5, 0.6) is 0 Å². The minimum absolute atomic E-state index is 0.142. The highest BCUT2D eigenvalue weighted by atomic mass is 16.2. The third kappa shape index (κ3) is 1.50. The standard InChI is InChI=1S/C16H17NO2/c18-14-8-10-9-15(19)17(11-4-1-2-5-11)13-7-3-6-12(14)16(10)13/h3,6-7,10-11H,1-2,4-5,8-9H2. The minimum atomic E-state index is 0.142. The van der Waals surface area contributed by atoms with E-state index in [-0.39, 0.29) is 17.6 Å². The predicted octanol–water partition coefficient (Wildman–Crippen LogP) is 3.04. The number of anilines is 1. The Morgan fingerprint density at radius 3 is 2.63 bits per heavy atom. The molecule has 98 valence electrons. The Morgan fingerprint density at radius 2 is 1.84 bits per heavy atom. The molecular formula is C16H17NO2. The number of carbonyl (C=O) groups is 2. The second-order valence-corrected chi connectivity index (χ2v) is 5.97. The number of hydrogen-bond acceptors (Lipinski definition) is 2. The van der Waals surface area contributed by atoms with Gasteiger partial charge in [-0.25, -0.2) is 0 Å². The summed E-state index contributed by atoms with van der Waals surface area (Å²) in [6.07, 6.45) is 5.68. The van der Waals surface area contributed by atoms with Gasteiger partial charge in [0.25, 0.3) is 0 Å². The lowest BCUT2D eigenvalue weighted by Crippen LogP contribution is -2.42. The first kappa shape index (κ1) is 11.2. The van der Waals surface area contributed by atoms with E-state index in [4.69, 9.17) is 0 Å². The molecule has 0 spiro atoms. The molecule has 1 fully saturated rings. The maximum atomic E-state index is 12.5. The van der Waals surface area contributed by atoms with Crippen LogP contribution in [0.3, 0.4) is 0 Å². The fraction of sp³-hybridized carbons (Fsp3) is 0.500. The van der Waals surface area contributed by atoms with Crippen LogP contribution < -0.4 is 4.90 Å².